The van der Waals surface area contributed by atoms with E-state index in [1.54, 1.807) is 13.0 Å². The van der Waals surface area contributed by atoms with Gasteiger partial charge in [-0.15, -0.1) is 0 Å². The van der Waals surface area contributed by atoms with Crippen LogP contribution in [0.5, 0.6) is 0 Å². The van der Waals surface area contributed by atoms with Crippen LogP contribution in [-0.4, -0.2) is 40.4 Å². The molecule has 1 aromatic heterocycles. The van der Waals surface area contributed by atoms with Crippen molar-refractivity contribution in [2.75, 3.05) is 13.2 Å². The molecule has 1 saturated carbocycles. The molecule has 1 N–H and O–H groups in total. The fraction of sp³-hybridized carbons (Fsp3) is 0.708. The smallest absolute Gasteiger partial charge is 0.407 e. The van der Waals surface area contributed by atoms with Gasteiger partial charge in [-0.2, -0.15) is 0 Å². The first-order chi connectivity index (χ1) is 14.5. The van der Waals surface area contributed by atoms with Crippen molar-refractivity contribution in [1.29, 1.82) is 0 Å². The molecule has 1 heterocycles. The minimum absolute atomic E-state index is 0.317. The van der Waals surface area contributed by atoms with E-state index in [1.165, 1.54) is 12.8 Å². The zero-order valence-corrected chi connectivity index (χ0v) is 20.0. The maximum absolute atomic E-state index is 12.4. The van der Waals surface area contributed by atoms with E-state index in [0.29, 0.717) is 43.0 Å². The Morgan fingerprint density at radius 3 is 2.74 bits per heavy atom. The lowest BCUT2D eigenvalue weighted by Crippen LogP contribution is -2.33. The molecule has 0 aromatic carbocycles. The third-order valence-corrected chi connectivity index (χ3v) is 5.37. The van der Waals surface area contributed by atoms with E-state index < -0.39 is 11.7 Å². The molecule has 1 aliphatic rings. The number of amides is 1. The van der Waals surface area contributed by atoms with Gasteiger partial charge in [0, 0.05) is 24.4 Å². The van der Waals surface area contributed by atoms with Crippen LogP contribution in [0.25, 0.3) is 6.08 Å². The van der Waals surface area contributed by atoms with Crippen molar-refractivity contribution in [3.63, 3.8) is 0 Å². The largest absolute Gasteiger partial charge is 0.463 e. The molecule has 1 fully saturated rings. The second-order valence-corrected chi connectivity index (χ2v) is 10.1. The maximum Gasteiger partial charge on any atom is 0.407 e. The van der Waals surface area contributed by atoms with Gasteiger partial charge in [0.25, 0.3) is 0 Å². The molecule has 174 valence electrons. The summed E-state index contributed by atoms with van der Waals surface area (Å²) in [5.74, 6) is -0.340. The molecule has 0 saturated heterocycles. The van der Waals surface area contributed by atoms with Gasteiger partial charge in [0.1, 0.15) is 5.60 Å². The molecule has 7 nitrogen and oxygen atoms in total. The molecule has 1 aromatic rings. The van der Waals surface area contributed by atoms with Crippen LogP contribution in [0.3, 0.4) is 0 Å². The number of imidazole rings is 1. The highest BCUT2D eigenvalue weighted by Gasteiger charge is 2.28. The van der Waals surface area contributed by atoms with Crippen molar-refractivity contribution < 1.29 is 19.1 Å². The summed E-state index contributed by atoms with van der Waals surface area (Å²) in [6.07, 6.45) is 11.1. The summed E-state index contributed by atoms with van der Waals surface area (Å²) in [5.41, 5.74) is 1.13. The fourth-order valence-corrected chi connectivity index (χ4v) is 3.96. The molecule has 0 spiro atoms. The molecule has 0 radical (unpaired) electrons. The first kappa shape index (κ1) is 25.0. The van der Waals surface area contributed by atoms with Crippen LogP contribution in [0, 0.1) is 5.41 Å². The van der Waals surface area contributed by atoms with E-state index in [2.05, 4.69) is 28.7 Å². The average molecular weight is 434 g/mol. The Kier molecular flexibility index (Phi) is 8.71. The Morgan fingerprint density at radius 2 is 2.10 bits per heavy atom. The third kappa shape index (κ3) is 8.75. The minimum atomic E-state index is -0.535. The maximum atomic E-state index is 12.4. The van der Waals surface area contributed by atoms with Crippen molar-refractivity contribution in [1.82, 2.24) is 14.9 Å². The number of ether oxygens (including phenoxy) is 2. The highest BCUT2D eigenvalue weighted by Crippen LogP contribution is 2.40. The van der Waals surface area contributed by atoms with E-state index in [4.69, 9.17) is 9.47 Å². The van der Waals surface area contributed by atoms with Crippen LogP contribution in [0.1, 0.15) is 91.8 Å². The average Bonchev–Trinajstić information content (AvgIpc) is 3.11. The number of nitrogens with zero attached hydrogens (tertiary/aromatic N) is 2. The first-order valence-electron chi connectivity index (χ1n) is 11.4. The summed E-state index contributed by atoms with van der Waals surface area (Å²) >= 11 is 0. The molecule has 0 bridgehead atoms. The predicted molar refractivity (Wildman–Crippen MR) is 122 cm³/mol. The number of carbonyl (C=O) groups excluding carboxylic acids is 2. The molecule has 1 atom stereocenters. The molecule has 2 rings (SSSR count). The summed E-state index contributed by atoms with van der Waals surface area (Å²) < 4.78 is 12.6. The van der Waals surface area contributed by atoms with Crippen molar-refractivity contribution in [3.8, 4) is 0 Å². The van der Waals surface area contributed by atoms with Crippen molar-refractivity contribution in [2.24, 2.45) is 5.41 Å². The lowest BCUT2D eigenvalue weighted by atomic mass is 9.75. The van der Waals surface area contributed by atoms with E-state index in [9.17, 15) is 9.59 Å². The van der Waals surface area contributed by atoms with E-state index in [1.807, 2.05) is 33.3 Å². The summed E-state index contributed by atoms with van der Waals surface area (Å²) in [6, 6.07) is 0.447. The Hall–Kier alpha value is -2.31. The number of alkyl carbamates (subject to hydrolysis) is 1. The number of esters is 1. The van der Waals surface area contributed by atoms with Crippen molar-refractivity contribution in [3.05, 3.63) is 23.8 Å². The van der Waals surface area contributed by atoms with Gasteiger partial charge in [0.05, 0.1) is 18.6 Å². The van der Waals surface area contributed by atoms with Crippen molar-refractivity contribution >= 4 is 18.1 Å². The SMILES string of the molecule is CCOC(=O)C(=Cc1cn(C2CCCC(C)(C)C2)cn1)CCCNC(=O)OC(C)(C)C. The Bertz CT molecular complexity index is 774. The second-order valence-electron chi connectivity index (χ2n) is 10.1. The lowest BCUT2D eigenvalue weighted by Gasteiger charge is -2.35. The topological polar surface area (TPSA) is 82.5 Å². The van der Waals surface area contributed by atoms with E-state index >= 15 is 0 Å². The summed E-state index contributed by atoms with van der Waals surface area (Å²) in [7, 11) is 0. The minimum Gasteiger partial charge on any atom is -0.463 e. The zero-order valence-electron chi connectivity index (χ0n) is 20.0. The Labute approximate surface area is 186 Å². The van der Waals surface area contributed by atoms with Gasteiger partial charge in [-0.3, -0.25) is 0 Å². The van der Waals surface area contributed by atoms with Crippen LogP contribution < -0.4 is 5.32 Å². The third-order valence-electron chi connectivity index (χ3n) is 5.37. The monoisotopic (exact) mass is 433 g/mol. The van der Waals surface area contributed by atoms with Gasteiger partial charge in [-0.1, -0.05) is 20.3 Å². The number of rotatable bonds is 8. The van der Waals surface area contributed by atoms with Gasteiger partial charge < -0.3 is 19.4 Å². The summed E-state index contributed by atoms with van der Waals surface area (Å²) in [5, 5.41) is 2.72. The zero-order chi connectivity index (χ0) is 23.1. The van der Waals surface area contributed by atoms with E-state index in [0.717, 1.165) is 18.5 Å². The predicted octanol–water partition coefficient (Wildman–Crippen LogP) is 5.28. The Morgan fingerprint density at radius 1 is 1.35 bits per heavy atom. The normalized spacial score (nSPS) is 19.0. The molecular weight excluding hydrogens is 394 g/mol. The first-order valence-corrected chi connectivity index (χ1v) is 11.4. The van der Waals surface area contributed by atoms with Crippen LogP contribution in [-0.2, 0) is 14.3 Å². The number of aromatic nitrogens is 2. The molecule has 31 heavy (non-hydrogen) atoms. The van der Waals surface area contributed by atoms with Crippen LogP contribution in [0.2, 0.25) is 0 Å². The molecule has 0 aliphatic heterocycles. The number of hydrogen-bond donors (Lipinski definition) is 1. The summed E-state index contributed by atoms with van der Waals surface area (Å²) in [4.78, 5) is 28.7. The Balaban J connectivity index is 1.99. The number of nitrogens with one attached hydrogen (secondary N) is 1. The van der Waals surface area contributed by atoms with Crippen LogP contribution in [0.4, 0.5) is 4.79 Å². The fourth-order valence-electron chi connectivity index (χ4n) is 3.96. The second kappa shape index (κ2) is 10.8. The van der Waals surface area contributed by atoms with E-state index in [-0.39, 0.29) is 5.97 Å². The number of hydrogen-bond acceptors (Lipinski definition) is 5. The van der Waals surface area contributed by atoms with Crippen LogP contribution in [0.15, 0.2) is 18.1 Å². The van der Waals surface area contributed by atoms with Gasteiger partial charge in [-0.25, -0.2) is 14.6 Å². The molecule has 1 amide bonds. The quantitative estimate of drug-likeness (QED) is 0.343. The highest BCUT2D eigenvalue weighted by molar-refractivity contribution is 5.93. The van der Waals surface area contributed by atoms with Gasteiger partial charge in [-0.05, 0) is 71.3 Å². The lowest BCUT2D eigenvalue weighted by molar-refractivity contribution is -0.138. The number of carbonyl (C=O) groups is 2. The molecule has 1 unspecified atom stereocenters. The molecular formula is C24H39N3O4. The summed E-state index contributed by atoms with van der Waals surface area (Å²) in [6.45, 7) is 12.6. The molecule has 1 aliphatic carbocycles. The molecule has 7 heteroatoms. The van der Waals surface area contributed by atoms with Gasteiger partial charge >= 0.3 is 12.1 Å². The highest BCUT2D eigenvalue weighted by atomic mass is 16.6. The van der Waals surface area contributed by atoms with Crippen molar-refractivity contribution in [2.45, 2.75) is 91.7 Å². The van der Waals surface area contributed by atoms with Gasteiger partial charge in [0.2, 0.25) is 0 Å². The standard InChI is InChI=1S/C24H39N3O4/c1-7-30-21(28)18(10-9-13-25-22(29)31-23(2,3)4)14-19-16-27(17-26-19)20-11-8-12-24(5,6)15-20/h14,16-17,20H,7-13,15H2,1-6H3,(H,25,29). The van der Waals surface area contributed by atoms with Gasteiger partial charge in [0.15, 0.2) is 0 Å². The van der Waals surface area contributed by atoms with Crippen LogP contribution >= 0.6 is 0 Å².